The van der Waals surface area contributed by atoms with Gasteiger partial charge in [-0.15, -0.1) is 0 Å². The second-order valence-electron chi connectivity index (χ2n) is 6.07. The maximum Gasteiger partial charge on any atom is 0.387 e. The van der Waals surface area contributed by atoms with Crippen LogP contribution < -0.4 is 15.8 Å². The zero-order valence-electron chi connectivity index (χ0n) is 15.1. The summed E-state index contributed by atoms with van der Waals surface area (Å²) in [6, 6.07) is 10.3. The number of ether oxygens (including phenoxy) is 1. The number of nitrogens with one attached hydrogen (secondary N) is 1. The average molecular weight is 402 g/mol. The molecule has 0 aliphatic carbocycles. The summed E-state index contributed by atoms with van der Waals surface area (Å²) >= 11 is 0. The van der Waals surface area contributed by atoms with Gasteiger partial charge in [0.05, 0.1) is 11.9 Å². The third-order valence-corrected chi connectivity index (χ3v) is 4.03. The average Bonchev–Trinajstić information content (AvgIpc) is 2.69. The van der Waals surface area contributed by atoms with Gasteiger partial charge in [0.25, 0.3) is 0 Å². The number of nitrogens with zero attached hydrogens (tertiary/aromatic N) is 2. The first-order chi connectivity index (χ1) is 13.9. The van der Waals surface area contributed by atoms with Crippen molar-refractivity contribution >= 4 is 17.3 Å². The summed E-state index contributed by atoms with van der Waals surface area (Å²) < 4.78 is 42.7. The molecule has 0 fully saturated rings. The molecule has 0 aliphatic heterocycles. The molecule has 0 saturated heterocycles. The van der Waals surface area contributed by atoms with E-state index in [1.165, 1.54) is 24.3 Å². The van der Waals surface area contributed by atoms with Crippen LogP contribution >= 0.6 is 0 Å². The van der Waals surface area contributed by atoms with Gasteiger partial charge in [0.2, 0.25) is 0 Å². The van der Waals surface area contributed by atoms with E-state index in [2.05, 4.69) is 20.0 Å². The Labute approximate surface area is 164 Å². The lowest BCUT2D eigenvalue weighted by molar-refractivity contribution is -0.0500. The van der Waals surface area contributed by atoms with Gasteiger partial charge in [-0.3, -0.25) is 4.79 Å². The fraction of sp³-hybridized carbons (Fsp3) is 0.150. The number of halogens is 3. The van der Waals surface area contributed by atoms with Crippen LogP contribution in [0.3, 0.4) is 0 Å². The lowest BCUT2D eigenvalue weighted by Gasteiger charge is -2.10. The summed E-state index contributed by atoms with van der Waals surface area (Å²) in [6.45, 7) is -2.81. The van der Waals surface area contributed by atoms with Crippen LogP contribution in [0.2, 0.25) is 0 Å². The van der Waals surface area contributed by atoms with Gasteiger partial charge in [0.15, 0.2) is 5.78 Å². The second kappa shape index (κ2) is 9.05. The Balaban J connectivity index is 1.67. The van der Waals surface area contributed by atoms with Crippen molar-refractivity contribution in [2.45, 2.75) is 19.6 Å². The van der Waals surface area contributed by atoms with E-state index in [1.807, 2.05) is 0 Å². The van der Waals surface area contributed by atoms with Crippen molar-refractivity contribution in [2.75, 3.05) is 11.1 Å². The van der Waals surface area contributed by atoms with Crippen LogP contribution in [0.1, 0.15) is 21.6 Å². The van der Waals surface area contributed by atoms with Crippen LogP contribution in [-0.4, -0.2) is 22.4 Å². The van der Waals surface area contributed by atoms with Crippen molar-refractivity contribution in [3.8, 4) is 5.75 Å². The summed E-state index contributed by atoms with van der Waals surface area (Å²) in [4.78, 5) is 20.2. The molecule has 0 atom stereocenters. The molecular weight excluding hydrogens is 385 g/mol. The quantitative estimate of drug-likeness (QED) is 0.557. The number of pyridine rings is 2. The molecule has 2 aromatic heterocycles. The van der Waals surface area contributed by atoms with Gasteiger partial charge in [-0.25, -0.2) is 14.4 Å². The fourth-order valence-electron chi connectivity index (χ4n) is 2.62. The SMILES string of the molecule is Nc1ncccc1NCc1cc(CC(=O)c2ccc(OC(F)F)cn2)ccc1F. The van der Waals surface area contributed by atoms with Gasteiger partial charge in [-0.1, -0.05) is 12.1 Å². The first-order valence-electron chi connectivity index (χ1n) is 8.58. The van der Waals surface area contributed by atoms with Crippen LogP contribution in [-0.2, 0) is 13.0 Å². The van der Waals surface area contributed by atoms with Gasteiger partial charge >= 0.3 is 6.61 Å². The van der Waals surface area contributed by atoms with Gasteiger partial charge in [0, 0.05) is 24.7 Å². The monoisotopic (exact) mass is 402 g/mol. The van der Waals surface area contributed by atoms with E-state index < -0.39 is 12.4 Å². The molecule has 9 heteroatoms. The van der Waals surface area contributed by atoms with Gasteiger partial charge < -0.3 is 15.8 Å². The number of benzene rings is 1. The predicted molar refractivity (Wildman–Crippen MR) is 101 cm³/mol. The fourth-order valence-corrected chi connectivity index (χ4v) is 2.62. The Kier molecular flexibility index (Phi) is 6.28. The minimum atomic E-state index is -2.97. The molecule has 0 amide bonds. The number of hydrogen-bond donors (Lipinski definition) is 2. The largest absolute Gasteiger partial charge is 0.433 e. The minimum Gasteiger partial charge on any atom is -0.433 e. The van der Waals surface area contributed by atoms with Gasteiger partial charge in [0.1, 0.15) is 23.1 Å². The maximum atomic E-state index is 14.1. The Morgan fingerprint density at radius 2 is 2.00 bits per heavy atom. The first kappa shape index (κ1) is 20.1. The maximum absolute atomic E-state index is 14.1. The van der Waals surface area contributed by atoms with Crippen molar-refractivity contribution in [3.63, 3.8) is 0 Å². The number of anilines is 2. The highest BCUT2D eigenvalue weighted by Gasteiger charge is 2.12. The van der Waals surface area contributed by atoms with E-state index in [4.69, 9.17) is 5.73 Å². The third kappa shape index (κ3) is 5.44. The number of carbonyl (C=O) groups excluding carboxylic acids is 1. The lowest BCUT2D eigenvalue weighted by Crippen LogP contribution is -2.09. The second-order valence-corrected chi connectivity index (χ2v) is 6.07. The Bertz CT molecular complexity index is 997. The Morgan fingerprint density at radius 3 is 2.69 bits per heavy atom. The molecule has 150 valence electrons. The molecule has 0 unspecified atom stereocenters. The number of Topliss-reactive ketones (excluding diaryl/α,β-unsaturated/α-hetero) is 1. The molecule has 3 N–H and O–H groups in total. The molecule has 1 aromatic carbocycles. The normalized spacial score (nSPS) is 10.8. The van der Waals surface area contributed by atoms with Crippen molar-refractivity contribution in [2.24, 2.45) is 0 Å². The van der Waals surface area contributed by atoms with Crippen LogP contribution in [0.5, 0.6) is 5.75 Å². The highest BCUT2D eigenvalue weighted by Crippen LogP contribution is 2.19. The van der Waals surface area contributed by atoms with E-state index in [9.17, 15) is 18.0 Å². The zero-order valence-corrected chi connectivity index (χ0v) is 15.1. The number of nitrogens with two attached hydrogens (primary N) is 1. The molecule has 0 spiro atoms. The van der Waals surface area contributed by atoms with Crippen LogP contribution in [0.4, 0.5) is 24.7 Å². The van der Waals surface area contributed by atoms with Crippen LogP contribution in [0.15, 0.2) is 54.9 Å². The number of carbonyl (C=O) groups is 1. The number of nitrogen functional groups attached to an aromatic ring is 1. The molecule has 0 radical (unpaired) electrons. The third-order valence-electron chi connectivity index (χ3n) is 4.03. The minimum absolute atomic E-state index is 0.0234. The molecule has 3 rings (SSSR count). The van der Waals surface area contributed by atoms with Gasteiger partial charge in [-0.05, 0) is 35.9 Å². The Morgan fingerprint density at radius 1 is 1.17 bits per heavy atom. The molecule has 6 nitrogen and oxygen atoms in total. The summed E-state index contributed by atoms with van der Waals surface area (Å²) in [7, 11) is 0. The van der Waals surface area contributed by atoms with Crippen molar-refractivity contribution in [3.05, 3.63) is 77.5 Å². The summed E-state index contributed by atoms with van der Waals surface area (Å²) in [5.74, 6) is -0.607. The summed E-state index contributed by atoms with van der Waals surface area (Å²) in [5.41, 5.74) is 7.36. The van der Waals surface area contributed by atoms with E-state index in [1.54, 1.807) is 24.4 Å². The summed E-state index contributed by atoms with van der Waals surface area (Å²) in [6.07, 6.45) is 2.58. The molecule has 2 heterocycles. The van der Waals surface area contributed by atoms with Crippen LogP contribution in [0.25, 0.3) is 0 Å². The molecule has 0 bridgehead atoms. The molecule has 29 heavy (non-hydrogen) atoms. The number of aromatic nitrogens is 2. The number of alkyl halides is 2. The van der Waals surface area contributed by atoms with E-state index >= 15 is 0 Å². The van der Waals surface area contributed by atoms with E-state index in [-0.39, 0.29) is 30.2 Å². The predicted octanol–water partition coefficient (Wildman–Crippen LogP) is 3.84. The smallest absolute Gasteiger partial charge is 0.387 e. The highest BCUT2D eigenvalue weighted by atomic mass is 19.3. The molecular formula is C20H17F3N4O2. The number of rotatable bonds is 8. The van der Waals surface area contributed by atoms with E-state index in [0.29, 0.717) is 22.6 Å². The van der Waals surface area contributed by atoms with Crippen LogP contribution in [0, 0.1) is 5.82 Å². The lowest BCUT2D eigenvalue weighted by atomic mass is 10.0. The highest BCUT2D eigenvalue weighted by molar-refractivity contribution is 5.95. The Hall–Kier alpha value is -3.62. The topological polar surface area (TPSA) is 90.1 Å². The zero-order chi connectivity index (χ0) is 20.8. The standard InChI is InChI=1S/C20H17F3N4O2/c21-15-5-3-12(8-13(15)10-26-17-2-1-7-25-19(17)24)9-18(28)16-6-4-14(11-27-16)29-20(22)23/h1-8,11,20,26H,9-10H2,(H2,24,25). The number of hydrogen-bond acceptors (Lipinski definition) is 6. The van der Waals surface area contributed by atoms with E-state index in [0.717, 1.165) is 6.20 Å². The first-order valence-corrected chi connectivity index (χ1v) is 8.58. The van der Waals surface area contributed by atoms with Crippen molar-refractivity contribution in [1.82, 2.24) is 9.97 Å². The summed E-state index contributed by atoms with van der Waals surface area (Å²) in [5, 5.41) is 3.00. The van der Waals surface area contributed by atoms with Gasteiger partial charge in [-0.2, -0.15) is 8.78 Å². The van der Waals surface area contributed by atoms with Crippen molar-refractivity contribution < 1.29 is 22.7 Å². The number of ketones is 1. The molecule has 3 aromatic rings. The van der Waals surface area contributed by atoms with Crippen molar-refractivity contribution in [1.29, 1.82) is 0 Å². The molecule has 0 saturated carbocycles. The molecule has 0 aliphatic rings.